The molecule has 0 spiro atoms. The molecule has 76 valence electrons. The highest BCUT2D eigenvalue weighted by molar-refractivity contribution is 14.1. The van der Waals surface area contributed by atoms with Crippen molar-refractivity contribution in [1.29, 1.82) is 0 Å². The summed E-state index contributed by atoms with van der Waals surface area (Å²) in [6, 6.07) is 1.99. The Morgan fingerprint density at radius 1 is 1.13 bits per heavy atom. The van der Waals surface area contributed by atoms with Crippen molar-refractivity contribution in [2.75, 3.05) is 5.32 Å². The number of hydrogen-bond donors (Lipinski definition) is 1. The summed E-state index contributed by atoms with van der Waals surface area (Å²) in [5.41, 5.74) is 2.00. The van der Waals surface area contributed by atoms with Gasteiger partial charge in [0.25, 0.3) is 0 Å². The van der Waals surface area contributed by atoms with E-state index in [2.05, 4.69) is 42.9 Å². The second-order valence-electron chi connectivity index (χ2n) is 3.10. The molecule has 0 fully saturated rings. The van der Waals surface area contributed by atoms with E-state index in [0.717, 1.165) is 14.8 Å². The fraction of sp³-hybridized carbons (Fsp3) is 0.100. The maximum absolute atomic E-state index is 4.15. The number of nitrogens with one attached hydrogen (secondary N) is 1. The van der Waals surface area contributed by atoms with E-state index >= 15 is 0 Å². The average molecular weight is 312 g/mol. The van der Waals surface area contributed by atoms with Crippen molar-refractivity contribution in [2.45, 2.75) is 6.92 Å². The smallest absolute Gasteiger partial charge is 0.227 e. The van der Waals surface area contributed by atoms with Crippen molar-refractivity contribution >= 4 is 34.2 Å². The Labute approximate surface area is 101 Å². The van der Waals surface area contributed by atoms with Crippen molar-refractivity contribution < 1.29 is 0 Å². The molecule has 0 aromatic carbocycles. The molecule has 5 heteroatoms. The average Bonchev–Trinajstić information content (AvgIpc) is 2.22. The van der Waals surface area contributed by atoms with Crippen LogP contribution >= 0.6 is 22.6 Å². The van der Waals surface area contributed by atoms with Crippen LogP contribution in [-0.2, 0) is 0 Å². The standard InChI is InChI=1S/C10H9IN4/c1-7-2-9(6-12-3-7)15-10-13-4-8(11)5-14-10/h2-6H,1H3,(H,13,14,15). The molecule has 1 N–H and O–H groups in total. The highest BCUT2D eigenvalue weighted by atomic mass is 127. The highest BCUT2D eigenvalue weighted by Crippen LogP contribution is 2.12. The van der Waals surface area contributed by atoms with Gasteiger partial charge in [0.15, 0.2) is 0 Å². The first-order valence-corrected chi connectivity index (χ1v) is 5.48. The van der Waals surface area contributed by atoms with Gasteiger partial charge < -0.3 is 5.32 Å². The van der Waals surface area contributed by atoms with E-state index < -0.39 is 0 Å². The Hall–Kier alpha value is -1.24. The van der Waals surface area contributed by atoms with E-state index in [4.69, 9.17) is 0 Å². The number of hydrogen-bond acceptors (Lipinski definition) is 4. The number of rotatable bonds is 2. The summed E-state index contributed by atoms with van der Waals surface area (Å²) in [7, 11) is 0. The lowest BCUT2D eigenvalue weighted by molar-refractivity contribution is 1.14. The molecule has 0 atom stereocenters. The summed E-state index contributed by atoms with van der Waals surface area (Å²) >= 11 is 2.17. The van der Waals surface area contributed by atoms with Crippen LogP contribution in [0.25, 0.3) is 0 Å². The SMILES string of the molecule is Cc1cncc(Nc2ncc(I)cn2)c1. The van der Waals surface area contributed by atoms with Gasteiger partial charge in [-0.15, -0.1) is 0 Å². The summed E-state index contributed by atoms with van der Waals surface area (Å²) in [5.74, 6) is 0.586. The molecule has 0 bridgehead atoms. The van der Waals surface area contributed by atoms with Gasteiger partial charge in [-0.25, -0.2) is 9.97 Å². The Bertz CT molecular complexity index is 455. The van der Waals surface area contributed by atoms with Crippen molar-refractivity contribution in [3.8, 4) is 0 Å². The fourth-order valence-corrected chi connectivity index (χ4v) is 1.41. The predicted octanol–water partition coefficient (Wildman–Crippen LogP) is 2.53. The Morgan fingerprint density at radius 2 is 1.87 bits per heavy atom. The molecule has 4 nitrogen and oxygen atoms in total. The molecular formula is C10H9IN4. The van der Waals surface area contributed by atoms with Gasteiger partial charge in [0.05, 0.1) is 11.9 Å². The zero-order chi connectivity index (χ0) is 10.7. The second kappa shape index (κ2) is 4.52. The number of anilines is 2. The van der Waals surface area contributed by atoms with Crippen LogP contribution in [0, 0.1) is 10.5 Å². The van der Waals surface area contributed by atoms with Gasteiger partial charge in [-0.05, 0) is 41.1 Å². The second-order valence-corrected chi connectivity index (χ2v) is 4.35. The van der Waals surface area contributed by atoms with Crippen LogP contribution in [0.15, 0.2) is 30.9 Å². The minimum atomic E-state index is 0.586. The van der Waals surface area contributed by atoms with Crippen LogP contribution in [0.1, 0.15) is 5.56 Å². The lowest BCUT2D eigenvalue weighted by Crippen LogP contribution is -1.97. The van der Waals surface area contributed by atoms with E-state index in [1.807, 2.05) is 13.0 Å². The van der Waals surface area contributed by atoms with Gasteiger partial charge in [-0.3, -0.25) is 4.98 Å². The molecule has 2 rings (SSSR count). The summed E-state index contributed by atoms with van der Waals surface area (Å²) < 4.78 is 1.01. The van der Waals surface area contributed by atoms with Crippen LogP contribution < -0.4 is 5.32 Å². The van der Waals surface area contributed by atoms with Crippen molar-refractivity contribution in [3.05, 3.63) is 40.0 Å². The number of aryl methyl sites for hydroxylation is 1. The molecule has 15 heavy (non-hydrogen) atoms. The molecule has 0 radical (unpaired) electrons. The van der Waals surface area contributed by atoms with Gasteiger partial charge >= 0.3 is 0 Å². The fourth-order valence-electron chi connectivity index (χ4n) is 1.13. The van der Waals surface area contributed by atoms with E-state index in [1.54, 1.807) is 24.8 Å². The molecule has 0 aliphatic carbocycles. The van der Waals surface area contributed by atoms with E-state index in [1.165, 1.54) is 0 Å². The molecule has 2 aromatic rings. The zero-order valence-electron chi connectivity index (χ0n) is 8.11. The van der Waals surface area contributed by atoms with Crippen LogP contribution in [0.2, 0.25) is 0 Å². The first-order chi connectivity index (χ1) is 7.24. The van der Waals surface area contributed by atoms with Gasteiger partial charge in [-0.2, -0.15) is 0 Å². The first kappa shape index (κ1) is 10.3. The molecule has 2 aromatic heterocycles. The minimum absolute atomic E-state index is 0.586. The molecule has 0 saturated carbocycles. The summed E-state index contributed by atoms with van der Waals surface area (Å²) in [5, 5.41) is 3.08. The molecule has 2 heterocycles. The Kier molecular flexibility index (Phi) is 3.10. The normalized spacial score (nSPS) is 10.0. The lowest BCUT2D eigenvalue weighted by Gasteiger charge is -2.04. The van der Waals surface area contributed by atoms with Gasteiger partial charge in [-0.1, -0.05) is 0 Å². The highest BCUT2D eigenvalue weighted by Gasteiger charge is 1.97. The third kappa shape index (κ3) is 2.85. The van der Waals surface area contributed by atoms with Crippen molar-refractivity contribution in [3.63, 3.8) is 0 Å². The Balaban J connectivity index is 2.18. The van der Waals surface area contributed by atoms with E-state index in [-0.39, 0.29) is 0 Å². The maximum Gasteiger partial charge on any atom is 0.227 e. The van der Waals surface area contributed by atoms with Crippen molar-refractivity contribution in [1.82, 2.24) is 15.0 Å². The van der Waals surface area contributed by atoms with E-state index in [0.29, 0.717) is 5.95 Å². The summed E-state index contributed by atoms with van der Waals surface area (Å²) in [4.78, 5) is 12.4. The minimum Gasteiger partial charge on any atom is -0.323 e. The van der Waals surface area contributed by atoms with Crippen LogP contribution in [0.4, 0.5) is 11.6 Å². The predicted molar refractivity (Wildman–Crippen MR) is 67.0 cm³/mol. The number of halogens is 1. The van der Waals surface area contributed by atoms with Gasteiger partial charge in [0.2, 0.25) is 5.95 Å². The van der Waals surface area contributed by atoms with Gasteiger partial charge in [0.1, 0.15) is 0 Å². The molecule has 0 aliphatic heterocycles. The van der Waals surface area contributed by atoms with E-state index in [9.17, 15) is 0 Å². The maximum atomic E-state index is 4.15. The molecule has 0 unspecified atom stereocenters. The molecule has 0 saturated heterocycles. The topological polar surface area (TPSA) is 50.7 Å². The largest absolute Gasteiger partial charge is 0.323 e. The third-order valence-electron chi connectivity index (χ3n) is 1.75. The quantitative estimate of drug-likeness (QED) is 0.866. The molecule has 0 aliphatic rings. The third-order valence-corrected chi connectivity index (χ3v) is 2.31. The number of aromatic nitrogens is 3. The van der Waals surface area contributed by atoms with Crippen LogP contribution in [0.5, 0.6) is 0 Å². The summed E-state index contributed by atoms with van der Waals surface area (Å²) in [6.45, 7) is 1.99. The van der Waals surface area contributed by atoms with Crippen molar-refractivity contribution in [2.24, 2.45) is 0 Å². The first-order valence-electron chi connectivity index (χ1n) is 4.40. The monoisotopic (exact) mass is 312 g/mol. The van der Waals surface area contributed by atoms with Gasteiger partial charge in [0, 0.05) is 22.2 Å². The zero-order valence-corrected chi connectivity index (χ0v) is 10.3. The molecule has 0 amide bonds. The number of nitrogens with zero attached hydrogens (tertiary/aromatic N) is 3. The number of pyridine rings is 1. The van der Waals surface area contributed by atoms with Crippen LogP contribution in [-0.4, -0.2) is 15.0 Å². The summed E-state index contributed by atoms with van der Waals surface area (Å²) in [6.07, 6.45) is 7.08. The van der Waals surface area contributed by atoms with Crippen LogP contribution in [0.3, 0.4) is 0 Å². The molecular weight excluding hydrogens is 303 g/mol. The Morgan fingerprint density at radius 3 is 2.53 bits per heavy atom. The lowest BCUT2D eigenvalue weighted by atomic mass is 10.3.